The lowest BCUT2D eigenvalue weighted by atomic mass is 9.93. The maximum atomic E-state index is 13.3. The molecule has 2 aliphatic heterocycles. The minimum atomic E-state index is -3.96. The number of sulfonamides is 1. The molecule has 4 rings (SSSR count). The number of aromatic nitrogens is 2. The van der Waals surface area contributed by atoms with Crippen LogP contribution in [0.15, 0.2) is 35.5 Å². The van der Waals surface area contributed by atoms with Gasteiger partial charge in [-0.15, -0.1) is 8.78 Å². The minimum absolute atomic E-state index is 0.223. The van der Waals surface area contributed by atoms with E-state index in [0.29, 0.717) is 25.9 Å². The van der Waals surface area contributed by atoms with Crippen molar-refractivity contribution in [3.63, 3.8) is 0 Å². The van der Waals surface area contributed by atoms with Crippen LogP contribution in [0.4, 0.5) is 8.78 Å². The fraction of sp³-hybridized carbons (Fsp3) is 0.438. The first-order valence-corrected chi connectivity index (χ1v) is 9.58. The first-order valence-electron chi connectivity index (χ1n) is 8.14. The van der Waals surface area contributed by atoms with E-state index in [1.54, 1.807) is 10.9 Å². The zero-order valence-electron chi connectivity index (χ0n) is 13.9. The monoisotopic (exact) mass is 385 g/mol. The lowest BCUT2D eigenvalue weighted by Crippen LogP contribution is -2.38. The van der Waals surface area contributed by atoms with Crippen molar-refractivity contribution in [2.75, 3.05) is 13.1 Å². The van der Waals surface area contributed by atoms with Crippen LogP contribution in [0.5, 0.6) is 11.5 Å². The number of ether oxygens (including phenoxy) is 2. The molecular weight excluding hydrogens is 368 g/mol. The minimum Gasteiger partial charge on any atom is -0.395 e. The fourth-order valence-corrected chi connectivity index (χ4v) is 4.96. The van der Waals surface area contributed by atoms with Gasteiger partial charge in [-0.2, -0.15) is 9.40 Å². The Morgan fingerprint density at radius 1 is 1.23 bits per heavy atom. The number of para-hydroxylation sites is 1. The molecule has 2 aliphatic rings. The summed E-state index contributed by atoms with van der Waals surface area (Å²) in [6.07, 6.45) is 1.11. The predicted octanol–water partition coefficient (Wildman–Crippen LogP) is 2.31. The molecule has 3 heterocycles. The summed E-state index contributed by atoms with van der Waals surface area (Å²) < 4.78 is 64.3. The Hall–Kier alpha value is -2.20. The van der Waals surface area contributed by atoms with Crippen molar-refractivity contribution in [3.05, 3.63) is 36.2 Å². The Morgan fingerprint density at radius 2 is 1.96 bits per heavy atom. The molecule has 0 radical (unpaired) electrons. The average Bonchev–Trinajstić information content (AvgIpc) is 3.15. The SMILES string of the molecule is Cn1cc(C2CCN(S(=O)(=O)c3cccc4c3OC(F)(F)O4)CC2)cn1. The predicted molar refractivity (Wildman–Crippen MR) is 86.6 cm³/mol. The number of piperidine rings is 1. The van der Waals surface area contributed by atoms with Crippen LogP contribution in [0.2, 0.25) is 0 Å². The van der Waals surface area contributed by atoms with Crippen molar-refractivity contribution < 1.29 is 26.7 Å². The van der Waals surface area contributed by atoms with E-state index in [4.69, 9.17) is 0 Å². The highest BCUT2D eigenvalue weighted by Crippen LogP contribution is 2.46. The highest BCUT2D eigenvalue weighted by atomic mass is 32.2. The molecule has 1 fully saturated rings. The Kier molecular flexibility index (Phi) is 3.92. The highest BCUT2D eigenvalue weighted by Gasteiger charge is 2.47. The fourth-order valence-electron chi connectivity index (χ4n) is 3.37. The molecule has 0 unspecified atom stereocenters. The van der Waals surface area contributed by atoms with Crippen LogP contribution >= 0.6 is 0 Å². The summed E-state index contributed by atoms with van der Waals surface area (Å²) in [7, 11) is -2.13. The molecule has 140 valence electrons. The number of nitrogens with zero attached hydrogens (tertiary/aromatic N) is 3. The quantitative estimate of drug-likeness (QED) is 0.811. The number of hydrogen-bond donors (Lipinski definition) is 0. The van der Waals surface area contributed by atoms with Crippen molar-refractivity contribution in [3.8, 4) is 11.5 Å². The van der Waals surface area contributed by atoms with Crippen LogP contribution in [0.25, 0.3) is 0 Å². The molecule has 26 heavy (non-hydrogen) atoms. The van der Waals surface area contributed by atoms with E-state index in [-0.39, 0.29) is 16.6 Å². The Balaban J connectivity index is 1.55. The van der Waals surface area contributed by atoms with Crippen LogP contribution in [-0.2, 0) is 17.1 Å². The van der Waals surface area contributed by atoms with Gasteiger partial charge in [0.2, 0.25) is 10.0 Å². The standard InChI is InChI=1S/C16H17F2N3O4S/c1-20-10-12(9-19-20)11-5-7-21(8-6-11)26(22,23)14-4-2-3-13-15(14)25-16(17,18)24-13/h2-4,9-11H,5-8H2,1H3. The van der Waals surface area contributed by atoms with Gasteiger partial charge in [0.25, 0.3) is 0 Å². The molecular formula is C16H17F2N3O4S. The topological polar surface area (TPSA) is 73.7 Å². The Morgan fingerprint density at radius 3 is 2.62 bits per heavy atom. The first kappa shape index (κ1) is 17.2. The summed E-state index contributed by atoms with van der Waals surface area (Å²) in [5.74, 6) is -0.492. The maximum Gasteiger partial charge on any atom is 0.586 e. The van der Waals surface area contributed by atoms with Gasteiger partial charge in [0.05, 0.1) is 6.20 Å². The number of fused-ring (bicyclic) bond motifs is 1. The smallest absolute Gasteiger partial charge is 0.395 e. The molecule has 10 heteroatoms. The van der Waals surface area contributed by atoms with Gasteiger partial charge in [-0.25, -0.2) is 8.42 Å². The van der Waals surface area contributed by atoms with E-state index in [9.17, 15) is 17.2 Å². The number of rotatable bonds is 3. The molecule has 0 spiro atoms. The molecule has 1 saturated heterocycles. The lowest BCUT2D eigenvalue weighted by molar-refractivity contribution is -0.287. The third-order valence-electron chi connectivity index (χ3n) is 4.66. The maximum absolute atomic E-state index is 13.3. The number of halogens is 2. The molecule has 1 aromatic carbocycles. The van der Waals surface area contributed by atoms with Gasteiger partial charge in [0, 0.05) is 26.3 Å². The highest BCUT2D eigenvalue weighted by molar-refractivity contribution is 7.89. The van der Waals surface area contributed by atoms with Gasteiger partial charge in [-0.05, 0) is 36.5 Å². The Labute approximate surface area is 149 Å². The summed E-state index contributed by atoms with van der Waals surface area (Å²) in [5.41, 5.74) is 1.07. The largest absolute Gasteiger partial charge is 0.586 e. The van der Waals surface area contributed by atoms with Crippen molar-refractivity contribution in [2.24, 2.45) is 7.05 Å². The zero-order valence-corrected chi connectivity index (χ0v) is 14.7. The van der Waals surface area contributed by atoms with Gasteiger partial charge < -0.3 is 9.47 Å². The average molecular weight is 385 g/mol. The molecule has 0 atom stereocenters. The van der Waals surface area contributed by atoms with Gasteiger partial charge in [-0.3, -0.25) is 4.68 Å². The summed E-state index contributed by atoms with van der Waals surface area (Å²) >= 11 is 0. The molecule has 0 saturated carbocycles. The summed E-state index contributed by atoms with van der Waals surface area (Å²) in [6, 6.07) is 3.87. The molecule has 0 N–H and O–H groups in total. The van der Waals surface area contributed by atoms with Gasteiger partial charge >= 0.3 is 6.29 Å². The first-order chi connectivity index (χ1) is 12.3. The van der Waals surface area contributed by atoms with E-state index in [1.807, 2.05) is 13.2 Å². The van der Waals surface area contributed by atoms with Crippen molar-refractivity contribution in [1.82, 2.24) is 14.1 Å². The number of benzene rings is 1. The van der Waals surface area contributed by atoms with Crippen LogP contribution in [0.3, 0.4) is 0 Å². The van der Waals surface area contributed by atoms with E-state index in [1.165, 1.54) is 22.5 Å². The van der Waals surface area contributed by atoms with Crippen molar-refractivity contribution >= 4 is 10.0 Å². The number of aryl methyl sites for hydroxylation is 1. The summed E-state index contributed by atoms with van der Waals surface area (Å²) in [5, 5.41) is 4.14. The van der Waals surface area contributed by atoms with E-state index < -0.39 is 22.1 Å². The zero-order chi connectivity index (χ0) is 18.5. The summed E-state index contributed by atoms with van der Waals surface area (Å²) in [4.78, 5) is -0.299. The van der Waals surface area contributed by atoms with Crippen molar-refractivity contribution in [1.29, 1.82) is 0 Å². The third-order valence-corrected chi connectivity index (χ3v) is 6.58. The second-order valence-electron chi connectivity index (χ2n) is 6.38. The Bertz CT molecular complexity index is 937. The third kappa shape index (κ3) is 2.92. The molecule has 0 amide bonds. The number of hydrogen-bond acceptors (Lipinski definition) is 5. The molecule has 0 aliphatic carbocycles. The van der Waals surface area contributed by atoms with E-state index in [0.717, 1.165) is 5.56 Å². The van der Waals surface area contributed by atoms with Gasteiger partial charge in [0.15, 0.2) is 11.5 Å². The molecule has 7 nitrogen and oxygen atoms in total. The summed E-state index contributed by atoms with van der Waals surface area (Å²) in [6.45, 7) is 0.589. The van der Waals surface area contributed by atoms with Crippen LogP contribution in [-0.4, -0.2) is 41.9 Å². The second-order valence-corrected chi connectivity index (χ2v) is 8.28. The second kappa shape index (κ2) is 5.92. The van der Waals surface area contributed by atoms with Crippen LogP contribution in [0, 0.1) is 0 Å². The van der Waals surface area contributed by atoms with E-state index in [2.05, 4.69) is 14.6 Å². The van der Waals surface area contributed by atoms with Crippen LogP contribution in [0.1, 0.15) is 24.3 Å². The number of alkyl halides is 2. The molecule has 1 aromatic heterocycles. The van der Waals surface area contributed by atoms with Gasteiger partial charge in [0.1, 0.15) is 4.90 Å². The molecule has 2 aromatic rings. The lowest BCUT2D eigenvalue weighted by Gasteiger charge is -2.31. The van der Waals surface area contributed by atoms with Crippen molar-refractivity contribution in [2.45, 2.75) is 29.9 Å². The molecule has 0 bridgehead atoms. The van der Waals surface area contributed by atoms with E-state index >= 15 is 0 Å². The normalized spacial score (nSPS) is 20.4. The van der Waals surface area contributed by atoms with Crippen LogP contribution < -0.4 is 9.47 Å². The van der Waals surface area contributed by atoms with Gasteiger partial charge in [-0.1, -0.05) is 6.07 Å².